The molecule has 1 aliphatic rings. The summed E-state index contributed by atoms with van der Waals surface area (Å²) in [6.07, 6.45) is 2.29. The molecule has 0 aliphatic carbocycles. The Labute approximate surface area is 199 Å². The van der Waals surface area contributed by atoms with Gasteiger partial charge in [0, 0.05) is 53.2 Å². The molecular formula is C21H42IN5O3. The fourth-order valence-corrected chi connectivity index (χ4v) is 3.32. The van der Waals surface area contributed by atoms with Crippen molar-refractivity contribution in [1.29, 1.82) is 0 Å². The maximum atomic E-state index is 12.1. The number of carbonyl (C=O) groups is 2. The SMILES string of the molecule is CCNC(=NCC(C)CN(C)C(=O)OC(C)(C)C)N1CCC(CC(=O)NC)CC1.I. The number of guanidine groups is 1. The number of nitrogens with one attached hydrogen (secondary N) is 2. The van der Waals surface area contributed by atoms with Crippen LogP contribution in [0.1, 0.15) is 53.9 Å². The predicted molar refractivity (Wildman–Crippen MR) is 132 cm³/mol. The van der Waals surface area contributed by atoms with Crippen molar-refractivity contribution in [3.05, 3.63) is 0 Å². The minimum atomic E-state index is -0.491. The molecule has 1 aliphatic heterocycles. The number of carbonyl (C=O) groups excluding carboxylic acids is 2. The van der Waals surface area contributed by atoms with E-state index in [2.05, 4.69) is 29.4 Å². The molecule has 1 unspecified atom stereocenters. The number of hydrogen-bond acceptors (Lipinski definition) is 4. The summed E-state index contributed by atoms with van der Waals surface area (Å²) in [4.78, 5) is 32.4. The number of aliphatic imine (C=N–C) groups is 1. The van der Waals surface area contributed by atoms with Crippen molar-refractivity contribution >= 4 is 41.9 Å². The minimum absolute atomic E-state index is 0. The molecular weight excluding hydrogens is 497 g/mol. The number of likely N-dealkylation sites (tertiary alicyclic amines) is 1. The average Bonchev–Trinajstić information content (AvgIpc) is 2.64. The van der Waals surface area contributed by atoms with E-state index in [4.69, 9.17) is 9.73 Å². The number of amides is 2. The van der Waals surface area contributed by atoms with Crippen molar-refractivity contribution in [1.82, 2.24) is 20.4 Å². The molecule has 30 heavy (non-hydrogen) atoms. The Morgan fingerprint density at radius 2 is 1.87 bits per heavy atom. The first-order chi connectivity index (χ1) is 13.6. The molecule has 0 aromatic carbocycles. The topological polar surface area (TPSA) is 86.3 Å². The van der Waals surface area contributed by atoms with Crippen LogP contribution in [0.15, 0.2) is 4.99 Å². The Kier molecular flexibility index (Phi) is 13.3. The van der Waals surface area contributed by atoms with E-state index in [0.29, 0.717) is 25.4 Å². The van der Waals surface area contributed by atoms with Crippen molar-refractivity contribution in [3.8, 4) is 0 Å². The number of rotatable bonds is 7. The van der Waals surface area contributed by atoms with Gasteiger partial charge in [0.15, 0.2) is 5.96 Å². The highest BCUT2D eigenvalue weighted by Crippen LogP contribution is 2.20. The highest BCUT2D eigenvalue weighted by molar-refractivity contribution is 14.0. The summed E-state index contributed by atoms with van der Waals surface area (Å²) in [6, 6.07) is 0. The monoisotopic (exact) mass is 539 g/mol. The van der Waals surface area contributed by atoms with Crippen LogP contribution in [0.2, 0.25) is 0 Å². The van der Waals surface area contributed by atoms with Gasteiger partial charge in [0.05, 0.1) is 0 Å². The lowest BCUT2D eigenvalue weighted by Crippen LogP contribution is -2.46. The Bertz CT molecular complexity index is 557. The zero-order chi connectivity index (χ0) is 22.0. The standard InChI is InChI=1S/C21H41N5O3.HI/c1-8-23-19(26-11-9-17(10-12-26)13-18(27)22-6)24-14-16(2)15-25(7)20(28)29-21(3,4)5;/h16-17H,8-15H2,1-7H3,(H,22,27)(H,23,24);1H. The summed E-state index contributed by atoms with van der Waals surface area (Å²) in [6.45, 7) is 13.6. The van der Waals surface area contributed by atoms with Gasteiger partial charge in [0.2, 0.25) is 5.91 Å². The van der Waals surface area contributed by atoms with Crippen LogP contribution in [0.5, 0.6) is 0 Å². The number of halogens is 1. The molecule has 0 bridgehead atoms. The van der Waals surface area contributed by atoms with Gasteiger partial charge in [-0.1, -0.05) is 6.92 Å². The molecule has 1 heterocycles. The van der Waals surface area contributed by atoms with Crippen LogP contribution in [0.3, 0.4) is 0 Å². The highest BCUT2D eigenvalue weighted by atomic mass is 127. The first-order valence-corrected chi connectivity index (χ1v) is 10.7. The molecule has 0 spiro atoms. The van der Waals surface area contributed by atoms with Crippen molar-refractivity contribution in [2.24, 2.45) is 16.8 Å². The van der Waals surface area contributed by atoms with Gasteiger partial charge in [-0.05, 0) is 52.4 Å². The molecule has 9 heteroatoms. The number of hydrogen-bond donors (Lipinski definition) is 2. The number of piperidine rings is 1. The fourth-order valence-electron chi connectivity index (χ4n) is 3.32. The van der Waals surface area contributed by atoms with Gasteiger partial charge in [-0.15, -0.1) is 24.0 Å². The average molecular weight is 540 g/mol. The van der Waals surface area contributed by atoms with Gasteiger partial charge >= 0.3 is 6.09 Å². The van der Waals surface area contributed by atoms with Gasteiger partial charge in [0.1, 0.15) is 5.60 Å². The van der Waals surface area contributed by atoms with E-state index in [-0.39, 0.29) is 41.9 Å². The quantitative estimate of drug-likeness (QED) is 0.295. The Morgan fingerprint density at radius 1 is 1.27 bits per heavy atom. The Morgan fingerprint density at radius 3 is 2.37 bits per heavy atom. The molecule has 0 aromatic rings. The van der Waals surface area contributed by atoms with Gasteiger partial charge in [-0.3, -0.25) is 9.79 Å². The van der Waals surface area contributed by atoms with E-state index < -0.39 is 5.60 Å². The van der Waals surface area contributed by atoms with E-state index in [9.17, 15) is 9.59 Å². The van der Waals surface area contributed by atoms with Crippen LogP contribution < -0.4 is 10.6 Å². The van der Waals surface area contributed by atoms with E-state index in [1.165, 1.54) is 0 Å². The lowest BCUT2D eigenvalue weighted by molar-refractivity contribution is -0.121. The van der Waals surface area contributed by atoms with Crippen LogP contribution in [0, 0.1) is 11.8 Å². The molecule has 1 rings (SSSR count). The Hall–Kier alpha value is -1.26. The molecule has 1 saturated heterocycles. The minimum Gasteiger partial charge on any atom is -0.444 e. The molecule has 0 radical (unpaired) electrons. The second-order valence-corrected chi connectivity index (χ2v) is 8.97. The van der Waals surface area contributed by atoms with Crippen molar-refractivity contribution in [2.45, 2.75) is 59.5 Å². The summed E-state index contributed by atoms with van der Waals surface area (Å²) < 4.78 is 5.41. The summed E-state index contributed by atoms with van der Waals surface area (Å²) >= 11 is 0. The van der Waals surface area contributed by atoms with E-state index in [1.54, 1.807) is 19.0 Å². The maximum Gasteiger partial charge on any atom is 0.410 e. The fraction of sp³-hybridized carbons (Fsp3) is 0.857. The highest BCUT2D eigenvalue weighted by Gasteiger charge is 2.24. The third kappa shape index (κ3) is 11.2. The normalized spacial score (nSPS) is 16.4. The number of nitrogens with zero attached hydrogens (tertiary/aromatic N) is 3. The maximum absolute atomic E-state index is 12.1. The summed E-state index contributed by atoms with van der Waals surface area (Å²) in [5.74, 6) is 1.69. The summed E-state index contributed by atoms with van der Waals surface area (Å²) in [5, 5.41) is 6.08. The molecule has 0 saturated carbocycles. The van der Waals surface area contributed by atoms with Crippen molar-refractivity contribution < 1.29 is 14.3 Å². The van der Waals surface area contributed by atoms with Crippen LogP contribution in [-0.2, 0) is 9.53 Å². The number of ether oxygens (including phenoxy) is 1. The van der Waals surface area contributed by atoms with Crippen molar-refractivity contribution in [3.63, 3.8) is 0 Å². The molecule has 2 N–H and O–H groups in total. The second kappa shape index (κ2) is 13.9. The lowest BCUT2D eigenvalue weighted by atomic mass is 9.93. The van der Waals surface area contributed by atoms with Gasteiger partial charge < -0.3 is 25.2 Å². The van der Waals surface area contributed by atoms with Gasteiger partial charge in [-0.2, -0.15) is 0 Å². The predicted octanol–water partition coefficient (Wildman–Crippen LogP) is 2.92. The van der Waals surface area contributed by atoms with Crippen LogP contribution in [0.25, 0.3) is 0 Å². The first kappa shape index (κ1) is 28.7. The van der Waals surface area contributed by atoms with Gasteiger partial charge in [-0.25, -0.2) is 4.79 Å². The Balaban J connectivity index is 0.00000841. The van der Waals surface area contributed by atoms with Crippen LogP contribution in [-0.4, -0.2) is 80.2 Å². The van der Waals surface area contributed by atoms with E-state index >= 15 is 0 Å². The zero-order valence-corrected chi connectivity index (χ0v) is 22.1. The second-order valence-electron chi connectivity index (χ2n) is 8.97. The third-order valence-electron chi connectivity index (χ3n) is 4.85. The molecule has 0 aromatic heterocycles. The summed E-state index contributed by atoms with van der Waals surface area (Å²) in [5.41, 5.74) is -0.491. The zero-order valence-electron chi connectivity index (χ0n) is 19.8. The smallest absolute Gasteiger partial charge is 0.410 e. The van der Waals surface area contributed by atoms with E-state index in [1.807, 2.05) is 20.8 Å². The third-order valence-corrected chi connectivity index (χ3v) is 4.85. The summed E-state index contributed by atoms with van der Waals surface area (Å²) in [7, 11) is 3.45. The molecule has 8 nitrogen and oxygen atoms in total. The molecule has 1 fully saturated rings. The van der Waals surface area contributed by atoms with Crippen LogP contribution in [0.4, 0.5) is 4.79 Å². The molecule has 176 valence electrons. The van der Waals surface area contributed by atoms with E-state index in [0.717, 1.165) is 38.4 Å². The van der Waals surface area contributed by atoms with Crippen LogP contribution >= 0.6 is 24.0 Å². The van der Waals surface area contributed by atoms with Crippen molar-refractivity contribution in [2.75, 3.05) is 46.8 Å². The lowest BCUT2D eigenvalue weighted by Gasteiger charge is -2.34. The first-order valence-electron chi connectivity index (χ1n) is 10.7. The van der Waals surface area contributed by atoms with Gasteiger partial charge in [0.25, 0.3) is 0 Å². The molecule has 1 atom stereocenters. The largest absolute Gasteiger partial charge is 0.444 e. The molecule has 2 amide bonds.